The van der Waals surface area contributed by atoms with E-state index in [1.165, 1.54) is 0 Å². The van der Waals surface area contributed by atoms with Crippen LogP contribution in [0.15, 0.2) is 18.2 Å². The van der Waals surface area contributed by atoms with Crippen molar-refractivity contribution in [3.8, 4) is 0 Å². The van der Waals surface area contributed by atoms with Crippen LogP contribution in [0.25, 0.3) is 0 Å². The third-order valence-corrected chi connectivity index (χ3v) is 4.16. The fraction of sp³-hybridized carbons (Fsp3) is 0.429. The van der Waals surface area contributed by atoms with E-state index in [4.69, 9.17) is 28.3 Å². The zero-order valence-electron chi connectivity index (χ0n) is 11.3. The number of hydrogen-bond acceptors (Lipinski definition) is 2. The highest BCUT2D eigenvalue weighted by atomic mass is 35.5. The van der Waals surface area contributed by atoms with Crippen LogP contribution in [-0.2, 0) is 4.79 Å². The molecule has 1 atom stereocenters. The average Bonchev–Trinajstić information content (AvgIpc) is 2.89. The molecule has 1 aromatic rings. The van der Waals surface area contributed by atoms with E-state index in [1.807, 2.05) is 0 Å². The van der Waals surface area contributed by atoms with Gasteiger partial charge in [0.25, 0.3) is 0 Å². The Morgan fingerprint density at radius 2 is 2.00 bits per heavy atom. The summed E-state index contributed by atoms with van der Waals surface area (Å²) in [7, 11) is 0. The number of likely N-dealkylation sites (tertiary alicyclic amines) is 1. The maximum atomic E-state index is 12.2. The molecule has 0 saturated carbocycles. The summed E-state index contributed by atoms with van der Waals surface area (Å²) in [5.41, 5.74) is 0.403. The number of urea groups is 1. The number of anilines is 1. The highest BCUT2D eigenvalue weighted by Gasteiger charge is 2.27. The van der Waals surface area contributed by atoms with E-state index in [1.54, 1.807) is 23.1 Å². The van der Waals surface area contributed by atoms with Crippen molar-refractivity contribution in [2.24, 2.45) is 5.92 Å². The smallest absolute Gasteiger partial charge is 0.321 e. The number of carbonyl (C=O) groups excluding carboxylic acids is 1. The predicted octanol–water partition coefficient (Wildman–Crippen LogP) is 3.71. The minimum Gasteiger partial charge on any atom is -0.481 e. The molecule has 2 N–H and O–H groups in total. The first kappa shape index (κ1) is 15.9. The van der Waals surface area contributed by atoms with E-state index in [0.29, 0.717) is 35.2 Å². The SMILES string of the molecule is O=C(O)CCC1CCN(C(=O)Nc2c(Cl)cccc2Cl)C1. The third kappa shape index (κ3) is 4.25. The van der Waals surface area contributed by atoms with Crippen molar-refractivity contribution < 1.29 is 14.7 Å². The second kappa shape index (κ2) is 7.00. The van der Waals surface area contributed by atoms with Crippen LogP contribution < -0.4 is 5.32 Å². The lowest BCUT2D eigenvalue weighted by molar-refractivity contribution is -0.137. The fourth-order valence-corrected chi connectivity index (χ4v) is 2.88. The number of carboxylic acid groups (broad SMARTS) is 1. The lowest BCUT2D eigenvalue weighted by atomic mass is 10.0. The van der Waals surface area contributed by atoms with Crippen LogP contribution >= 0.6 is 23.2 Å². The second-order valence-electron chi connectivity index (χ2n) is 5.06. The van der Waals surface area contributed by atoms with E-state index in [0.717, 1.165) is 6.42 Å². The molecule has 0 spiro atoms. The molecule has 114 valence electrons. The molecule has 1 aliphatic heterocycles. The number of amides is 2. The Bertz CT molecular complexity index is 531. The van der Waals surface area contributed by atoms with Gasteiger partial charge in [-0.1, -0.05) is 29.3 Å². The minimum atomic E-state index is -0.805. The molecule has 2 rings (SSSR count). The van der Waals surface area contributed by atoms with E-state index in [-0.39, 0.29) is 18.4 Å². The van der Waals surface area contributed by atoms with Crippen LogP contribution in [0.1, 0.15) is 19.3 Å². The largest absolute Gasteiger partial charge is 0.481 e. The summed E-state index contributed by atoms with van der Waals surface area (Å²) in [5.74, 6) is -0.575. The Morgan fingerprint density at radius 1 is 1.33 bits per heavy atom. The molecular weight excluding hydrogens is 315 g/mol. The van der Waals surface area contributed by atoms with Gasteiger partial charge in [0, 0.05) is 19.5 Å². The second-order valence-corrected chi connectivity index (χ2v) is 5.87. The lowest BCUT2D eigenvalue weighted by Crippen LogP contribution is -2.33. The summed E-state index contributed by atoms with van der Waals surface area (Å²) < 4.78 is 0. The number of halogens is 2. The molecular formula is C14H16Cl2N2O3. The zero-order chi connectivity index (χ0) is 15.4. The van der Waals surface area contributed by atoms with Gasteiger partial charge in [-0.25, -0.2) is 4.79 Å². The van der Waals surface area contributed by atoms with Crippen LogP contribution in [0.4, 0.5) is 10.5 Å². The number of benzene rings is 1. The van der Waals surface area contributed by atoms with Crippen molar-refractivity contribution in [3.05, 3.63) is 28.2 Å². The number of hydrogen-bond donors (Lipinski definition) is 2. The molecule has 1 heterocycles. The Morgan fingerprint density at radius 3 is 2.62 bits per heavy atom. The Labute approximate surface area is 132 Å². The number of nitrogens with one attached hydrogen (secondary N) is 1. The van der Waals surface area contributed by atoms with E-state index >= 15 is 0 Å². The summed E-state index contributed by atoms with van der Waals surface area (Å²) in [6.07, 6.45) is 1.54. The minimum absolute atomic E-state index is 0.135. The van der Waals surface area contributed by atoms with Crippen LogP contribution in [0.2, 0.25) is 10.0 Å². The highest BCUT2D eigenvalue weighted by molar-refractivity contribution is 6.39. The van der Waals surface area contributed by atoms with Gasteiger partial charge in [0.2, 0.25) is 0 Å². The molecule has 21 heavy (non-hydrogen) atoms. The molecule has 0 aromatic heterocycles. The van der Waals surface area contributed by atoms with E-state index in [2.05, 4.69) is 5.32 Å². The monoisotopic (exact) mass is 330 g/mol. The molecule has 0 bridgehead atoms. The molecule has 2 amide bonds. The standard InChI is InChI=1S/C14H16Cl2N2O3/c15-10-2-1-3-11(16)13(10)17-14(21)18-7-6-9(8-18)4-5-12(19)20/h1-3,9H,4-8H2,(H,17,21)(H,19,20). The summed E-state index contributed by atoms with van der Waals surface area (Å²) in [4.78, 5) is 24.4. The number of rotatable bonds is 4. The molecule has 1 aromatic carbocycles. The molecule has 5 nitrogen and oxygen atoms in total. The number of carboxylic acids is 1. The number of carbonyl (C=O) groups is 2. The Balaban J connectivity index is 1.91. The van der Waals surface area contributed by atoms with Crippen LogP contribution in [-0.4, -0.2) is 35.1 Å². The summed E-state index contributed by atoms with van der Waals surface area (Å²) in [5, 5.41) is 12.2. The first-order valence-electron chi connectivity index (χ1n) is 6.69. The van der Waals surface area contributed by atoms with Crippen molar-refractivity contribution in [2.75, 3.05) is 18.4 Å². The van der Waals surface area contributed by atoms with Gasteiger partial charge in [-0.15, -0.1) is 0 Å². The molecule has 1 unspecified atom stereocenters. The lowest BCUT2D eigenvalue weighted by Gasteiger charge is -2.18. The van der Waals surface area contributed by atoms with Gasteiger partial charge in [0.15, 0.2) is 0 Å². The van der Waals surface area contributed by atoms with Crippen molar-refractivity contribution in [1.29, 1.82) is 0 Å². The first-order valence-corrected chi connectivity index (χ1v) is 7.44. The third-order valence-electron chi connectivity index (χ3n) is 3.53. The molecule has 7 heteroatoms. The first-order chi connectivity index (χ1) is 9.97. The normalized spacial score (nSPS) is 17.8. The van der Waals surface area contributed by atoms with Crippen molar-refractivity contribution in [2.45, 2.75) is 19.3 Å². The average molecular weight is 331 g/mol. The van der Waals surface area contributed by atoms with Crippen LogP contribution in [0.5, 0.6) is 0 Å². The molecule has 1 saturated heterocycles. The van der Waals surface area contributed by atoms with Gasteiger partial charge in [-0.3, -0.25) is 4.79 Å². The number of nitrogens with zero attached hydrogens (tertiary/aromatic N) is 1. The molecule has 0 radical (unpaired) electrons. The summed E-state index contributed by atoms with van der Waals surface area (Å²) >= 11 is 12.0. The summed E-state index contributed by atoms with van der Waals surface area (Å²) in [6, 6.07) is 4.76. The quantitative estimate of drug-likeness (QED) is 0.883. The zero-order valence-corrected chi connectivity index (χ0v) is 12.8. The van der Waals surface area contributed by atoms with E-state index < -0.39 is 5.97 Å². The maximum Gasteiger partial charge on any atom is 0.321 e. The molecule has 1 fully saturated rings. The summed E-state index contributed by atoms with van der Waals surface area (Å²) in [6.45, 7) is 1.17. The topological polar surface area (TPSA) is 69.6 Å². The molecule has 0 aliphatic carbocycles. The van der Waals surface area contributed by atoms with Crippen LogP contribution in [0.3, 0.4) is 0 Å². The van der Waals surface area contributed by atoms with Crippen molar-refractivity contribution in [1.82, 2.24) is 4.90 Å². The Kier molecular flexibility index (Phi) is 5.31. The number of para-hydroxylation sites is 1. The van der Waals surface area contributed by atoms with Gasteiger partial charge in [-0.05, 0) is 30.9 Å². The van der Waals surface area contributed by atoms with Gasteiger partial charge in [0.1, 0.15) is 0 Å². The Hall–Kier alpha value is -1.46. The van der Waals surface area contributed by atoms with Gasteiger partial charge >= 0.3 is 12.0 Å². The van der Waals surface area contributed by atoms with Gasteiger partial charge in [0.05, 0.1) is 15.7 Å². The maximum absolute atomic E-state index is 12.2. The van der Waals surface area contributed by atoms with E-state index in [9.17, 15) is 9.59 Å². The highest BCUT2D eigenvalue weighted by Crippen LogP contribution is 2.30. The molecule has 1 aliphatic rings. The fourth-order valence-electron chi connectivity index (χ4n) is 2.38. The predicted molar refractivity (Wildman–Crippen MR) is 82.0 cm³/mol. The number of aliphatic carboxylic acids is 1. The van der Waals surface area contributed by atoms with Gasteiger partial charge < -0.3 is 15.3 Å². The van der Waals surface area contributed by atoms with Crippen molar-refractivity contribution >= 4 is 40.9 Å². The van der Waals surface area contributed by atoms with Crippen LogP contribution in [0, 0.1) is 5.92 Å². The van der Waals surface area contributed by atoms with Crippen molar-refractivity contribution in [3.63, 3.8) is 0 Å². The van der Waals surface area contributed by atoms with Gasteiger partial charge in [-0.2, -0.15) is 0 Å².